The van der Waals surface area contributed by atoms with Crippen molar-refractivity contribution >= 4 is 33.2 Å². The number of phenols is 1. The Balaban J connectivity index is 1.53. The average Bonchev–Trinajstić information content (AvgIpc) is 2.75. The lowest BCUT2D eigenvalue weighted by Gasteiger charge is -2.10. The molecule has 1 amide bonds. The Bertz CT molecular complexity index is 1260. The molecule has 11 heteroatoms. The summed E-state index contributed by atoms with van der Waals surface area (Å²) >= 11 is -0.190. The van der Waals surface area contributed by atoms with Crippen LogP contribution in [0.15, 0.2) is 76.5 Å². The van der Waals surface area contributed by atoms with Crippen LogP contribution in [0, 0.1) is 0 Å². The number of benzene rings is 3. The predicted octanol–water partition coefficient (Wildman–Crippen LogP) is 5.28. The van der Waals surface area contributed by atoms with Crippen molar-refractivity contribution in [3.8, 4) is 11.5 Å². The number of rotatable bonds is 8. The fourth-order valence-corrected chi connectivity index (χ4v) is 4.27. The number of hydrogen-bond acceptors (Lipinski definition) is 6. The van der Waals surface area contributed by atoms with Gasteiger partial charge in [-0.15, -0.1) is 0 Å². The number of alkyl halides is 3. The first kappa shape index (κ1) is 25.4. The molecule has 2 N–H and O–H groups in total. The molecule has 6 nitrogen and oxygen atoms in total. The van der Waals surface area contributed by atoms with Crippen molar-refractivity contribution in [1.82, 2.24) is 0 Å². The van der Waals surface area contributed by atoms with Crippen LogP contribution in [0.2, 0.25) is 0 Å². The van der Waals surface area contributed by atoms with Crippen molar-refractivity contribution in [3.63, 3.8) is 0 Å². The summed E-state index contributed by atoms with van der Waals surface area (Å²) in [6, 6.07) is 16.1. The predicted molar refractivity (Wildman–Crippen MR) is 123 cm³/mol. The number of hydrogen-bond donors (Lipinski definition) is 2. The second-order valence-corrected chi connectivity index (χ2v) is 10.3. The lowest BCUT2D eigenvalue weighted by atomic mass is 10.1. The lowest BCUT2D eigenvalue weighted by molar-refractivity contribution is -0.0328. The van der Waals surface area contributed by atoms with Crippen LogP contribution in [0.1, 0.15) is 15.9 Å². The van der Waals surface area contributed by atoms with Crippen molar-refractivity contribution in [2.45, 2.75) is 21.7 Å². The van der Waals surface area contributed by atoms with Gasteiger partial charge in [0.05, 0.1) is 6.61 Å². The quantitative estimate of drug-likeness (QED) is 0.316. The molecule has 0 saturated heterocycles. The van der Waals surface area contributed by atoms with Gasteiger partial charge in [-0.2, -0.15) is 13.2 Å². The third-order valence-electron chi connectivity index (χ3n) is 4.55. The van der Waals surface area contributed by atoms with E-state index in [1.165, 1.54) is 42.5 Å². The number of sulfone groups is 1. The zero-order valence-electron chi connectivity index (χ0n) is 17.8. The Morgan fingerprint density at radius 1 is 1.03 bits per heavy atom. The number of amides is 1. The summed E-state index contributed by atoms with van der Waals surface area (Å²) in [5.74, 6) is -0.405. The molecule has 0 aliphatic heterocycles. The van der Waals surface area contributed by atoms with Gasteiger partial charge < -0.3 is 15.2 Å². The standard InChI is InChI=1S/C23H20F3NO5S2/c1-34(30,31)21-14-17(6-11-20(21)28)27-22(29)16-4-2-15(3-5-16)12-13-32-18-7-9-19(10-8-18)33-23(24,25)26/h2-11,14,28H,12-13H2,1H3,(H,27,29). The van der Waals surface area contributed by atoms with Gasteiger partial charge in [0.1, 0.15) is 16.4 Å². The van der Waals surface area contributed by atoms with E-state index in [2.05, 4.69) is 5.32 Å². The first-order valence-electron chi connectivity index (χ1n) is 9.83. The zero-order valence-corrected chi connectivity index (χ0v) is 19.4. The molecule has 0 fully saturated rings. The van der Waals surface area contributed by atoms with Gasteiger partial charge in [0.15, 0.2) is 9.84 Å². The van der Waals surface area contributed by atoms with Gasteiger partial charge in [-0.1, -0.05) is 12.1 Å². The van der Waals surface area contributed by atoms with Crippen LogP contribution in [0.25, 0.3) is 0 Å². The second kappa shape index (κ2) is 10.4. The number of thioether (sulfide) groups is 1. The first-order valence-corrected chi connectivity index (χ1v) is 12.5. The van der Waals surface area contributed by atoms with Crippen LogP contribution in [0.5, 0.6) is 11.5 Å². The van der Waals surface area contributed by atoms with E-state index < -0.39 is 27.0 Å². The molecule has 3 aromatic carbocycles. The van der Waals surface area contributed by atoms with Crippen molar-refractivity contribution in [3.05, 3.63) is 77.9 Å². The van der Waals surface area contributed by atoms with Crippen molar-refractivity contribution < 1.29 is 36.2 Å². The minimum atomic E-state index is -4.34. The number of anilines is 1. The number of carbonyl (C=O) groups is 1. The molecule has 0 aromatic heterocycles. The lowest BCUT2D eigenvalue weighted by Crippen LogP contribution is -2.12. The third kappa shape index (κ3) is 7.42. The Kier molecular flexibility index (Phi) is 7.78. The third-order valence-corrected chi connectivity index (χ3v) is 6.42. The number of phenolic OH excluding ortho intramolecular Hbond substituents is 1. The molecule has 0 bridgehead atoms. The van der Waals surface area contributed by atoms with Crippen LogP contribution in [0.3, 0.4) is 0 Å². The highest BCUT2D eigenvalue weighted by atomic mass is 32.2. The molecular formula is C23H20F3NO5S2. The topological polar surface area (TPSA) is 92.7 Å². The summed E-state index contributed by atoms with van der Waals surface area (Å²) in [5.41, 5.74) is -2.89. The van der Waals surface area contributed by atoms with Gasteiger partial charge in [0.2, 0.25) is 0 Å². The zero-order chi connectivity index (χ0) is 24.9. The van der Waals surface area contributed by atoms with Gasteiger partial charge in [0, 0.05) is 28.8 Å². The highest BCUT2D eigenvalue weighted by Crippen LogP contribution is 2.37. The monoisotopic (exact) mass is 511 g/mol. The summed E-state index contributed by atoms with van der Waals surface area (Å²) in [6.45, 7) is 0.291. The molecule has 0 radical (unpaired) electrons. The van der Waals surface area contributed by atoms with E-state index in [4.69, 9.17) is 4.74 Å². The largest absolute Gasteiger partial charge is 0.507 e. The van der Waals surface area contributed by atoms with Crippen LogP contribution >= 0.6 is 11.8 Å². The summed E-state index contributed by atoms with van der Waals surface area (Å²) in [6.07, 6.45) is 1.47. The smallest absolute Gasteiger partial charge is 0.446 e. The van der Waals surface area contributed by atoms with Gasteiger partial charge in [-0.25, -0.2) is 8.42 Å². The minimum absolute atomic E-state index is 0.0774. The van der Waals surface area contributed by atoms with Gasteiger partial charge in [0.25, 0.3) is 5.91 Å². The fraction of sp³-hybridized carbons (Fsp3) is 0.174. The number of nitrogens with one attached hydrogen (secondary N) is 1. The summed E-state index contributed by atoms with van der Waals surface area (Å²) in [5, 5.41) is 12.3. The molecule has 0 atom stereocenters. The minimum Gasteiger partial charge on any atom is -0.507 e. The van der Waals surface area contributed by atoms with Crippen molar-refractivity contribution in [1.29, 1.82) is 0 Å². The normalized spacial score (nSPS) is 11.8. The maximum absolute atomic E-state index is 12.5. The highest BCUT2D eigenvalue weighted by molar-refractivity contribution is 8.00. The molecule has 0 spiro atoms. The maximum Gasteiger partial charge on any atom is 0.446 e. The molecule has 3 aromatic rings. The van der Waals surface area contributed by atoms with Crippen molar-refractivity contribution in [2.75, 3.05) is 18.2 Å². The van der Waals surface area contributed by atoms with Crippen LogP contribution < -0.4 is 10.1 Å². The van der Waals surface area contributed by atoms with E-state index in [1.807, 2.05) is 0 Å². The Hall–Kier alpha value is -3.18. The molecule has 0 unspecified atom stereocenters. The molecule has 3 rings (SSSR count). The number of ether oxygens (including phenoxy) is 1. The van der Waals surface area contributed by atoms with E-state index in [0.717, 1.165) is 11.8 Å². The Morgan fingerprint density at radius 3 is 2.26 bits per heavy atom. The number of aromatic hydroxyl groups is 1. The van der Waals surface area contributed by atoms with Gasteiger partial charge in [-0.3, -0.25) is 4.79 Å². The summed E-state index contributed by atoms with van der Waals surface area (Å²) in [7, 11) is -3.66. The van der Waals surface area contributed by atoms with E-state index in [1.54, 1.807) is 24.3 Å². The van der Waals surface area contributed by atoms with E-state index >= 15 is 0 Å². The molecule has 180 valence electrons. The van der Waals surface area contributed by atoms with Crippen LogP contribution in [0.4, 0.5) is 18.9 Å². The van der Waals surface area contributed by atoms with E-state index in [9.17, 15) is 31.5 Å². The molecule has 0 saturated carbocycles. The number of carbonyl (C=O) groups excluding carboxylic acids is 1. The highest BCUT2D eigenvalue weighted by Gasteiger charge is 2.29. The molecule has 0 aliphatic rings. The summed E-state index contributed by atoms with van der Waals surface area (Å²) < 4.78 is 66.1. The van der Waals surface area contributed by atoms with Crippen LogP contribution in [-0.2, 0) is 16.3 Å². The maximum atomic E-state index is 12.5. The van der Waals surface area contributed by atoms with E-state index in [0.29, 0.717) is 24.3 Å². The van der Waals surface area contributed by atoms with Gasteiger partial charge in [-0.05, 0) is 71.9 Å². The first-order chi connectivity index (χ1) is 15.9. The number of halogens is 3. The molecule has 0 aliphatic carbocycles. The van der Waals surface area contributed by atoms with Crippen LogP contribution in [-0.4, -0.2) is 37.8 Å². The SMILES string of the molecule is CS(=O)(=O)c1cc(NC(=O)c2ccc(CCOc3ccc(SC(F)(F)F)cc3)cc2)ccc1O. The van der Waals surface area contributed by atoms with Crippen molar-refractivity contribution in [2.24, 2.45) is 0 Å². The summed E-state index contributed by atoms with van der Waals surface area (Å²) in [4.78, 5) is 12.3. The average molecular weight is 512 g/mol. The molecule has 34 heavy (non-hydrogen) atoms. The Labute approximate surface area is 198 Å². The fourth-order valence-electron chi connectivity index (χ4n) is 2.94. The van der Waals surface area contributed by atoms with E-state index in [-0.39, 0.29) is 27.2 Å². The Morgan fingerprint density at radius 2 is 1.68 bits per heavy atom. The van der Waals surface area contributed by atoms with Gasteiger partial charge >= 0.3 is 5.51 Å². The molecular weight excluding hydrogens is 491 g/mol. The molecule has 0 heterocycles. The second-order valence-electron chi connectivity index (χ2n) is 7.22.